The number of H-pyrrole nitrogens is 1. The van der Waals surface area contributed by atoms with Gasteiger partial charge in [0, 0.05) is 47.0 Å². The molecular weight excluding hydrogens is 495 g/mol. The number of aromatic amines is 1. The van der Waals surface area contributed by atoms with E-state index in [0.29, 0.717) is 18.6 Å². The summed E-state index contributed by atoms with van der Waals surface area (Å²) in [6, 6.07) is 18.9. The van der Waals surface area contributed by atoms with E-state index < -0.39 is 11.8 Å². The molecule has 0 saturated carbocycles. The van der Waals surface area contributed by atoms with E-state index in [1.54, 1.807) is 17.5 Å². The van der Waals surface area contributed by atoms with Gasteiger partial charge < -0.3 is 14.8 Å². The molecule has 5 nitrogen and oxygen atoms in total. The first kappa shape index (κ1) is 24.1. The second-order valence-electron chi connectivity index (χ2n) is 8.32. The largest absolute Gasteiger partial charge is 0.481 e. The normalized spacial score (nSPS) is 11.2. The molecule has 8 heteroatoms. The van der Waals surface area contributed by atoms with Crippen LogP contribution in [0.3, 0.4) is 0 Å². The molecule has 0 fully saturated rings. The average Bonchev–Trinajstić information content (AvgIpc) is 3.53. The van der Waals surface area contributed by atoms with Gasteiger partial charge in [0.05, 0.1) is 10.6 Å². The summed E-state index contributed by atoms with van der Waals surface area (Å²) in [6.07, 6.45) is 4.98. The Kier molecular flexibility index (Phi) is 7.06. The zero-order valence-corrected chi connectivity index (χ0v) is 21.1. The van der Waals surface area contributed by atoms with Crippen molar-refractivity contribution in [2.75, 3.05) is 6.26 Å². The van der Waals surface area contributed by atoms with E-state index >= 15 is 0 Å². The molecule has 0 atom stereocenters. The SMILES string of the molecule is CSc1c(Oc2cccc(-c3nc(Cc4cccc(CCC(=O)O)c4)cs3)c2)c(F)cc2[nH]ccc12. The minimum Gasteiger partial charge on any atom is -0.481 e. The predicted octanol–water partition coefficient (Wildman–Crippen LogP) is 7.55. The summed E-state index contributed by atoms with van der Waals surface area (Å²) in [6.45, 7) is 0. The number of aryl methyl sites for hydroxylation is 1. The first-order valence-electron chi connectivity index (χ1n) is 11.4. The highest BCUT2D eigenvalue weighted by Gasteiger charge is 2.17. The number of carboxylic acids is 1. The lowest BCUT2D eigenvalue weighted by atomic mass is 10.0. The highest BCUT2D eigenvalue weighted by Crippen LogP contribution is 2.40. The Bertz CT molecular complexity index is 1540. The van der Waals surface area contributed by atoms with Gasteiger partial charge in [0.2, 0.25) is 0 Å². The monoisotopic (exact) mass is 518 g/mol. The van der Waals surface area contributed by atoms with Crippen molar-refractivity contribution >= 4 is 40.0 Å². The molecule has 182 valence electrons. The van der Waals surface area contributed by atoms with Crippen LogP contribution in [0.4, 0.5) is 4.39 Å². The molecule has 2 heterocycles. The second-order valence-corrected chi connectivity index (χ2v) is 10.00. The Hall–Kier alpha value is -3.62. The Morgan fingerprint density at radius 1 is 1.14 bits per heavy atom. The van der Waals surface area contributed by atoms with Crippen LogP contribution in [0.15, 0.2) is 77.1 Å². The number of nitrogens with zero attached hydrogens (tertiary/aromatic N) is 1. The molecule has 0 amide bonds. The fraction of sp³-hybridized carbons (Fsp3) is 0.143. The highest BCUT2D eigenvalue weighted by atomic mass is 32.2. The minimum atomic E-state index is -0.798. The number of hydrogen-bond acceptors (Lipinski definition) is 5. The number of thioether (sulfide) groups is 1. The molecule has 0 aliphatic carbocycles. The summed E-state index contributed by atoms with van der Waals surface area (Å²) in [5.41, 5.74) is 4.66. The molecule has 0 aliphatic heterocycles. The van der Waals surface area contributed by atoms with Crippen LogP contribution in [0.5, 0.6) is 11.5 Å². The molecule has 5 aromatic rings. The van der Waals surface area contributed by atoms with Crippen molar-refractivity contribution in [2.24, 2.45) is 0 Å². The first-order chi connectivity index (χ1) is 17.5. The maximum atomic E-state index is 14.9. The fourth-order valence-corrected chi connectivity index (χ4v) is 5.65. The third kappa shape index (κ3) is 5.29. The molecule has 2 aromatic heterocycles. The van der Waals surface area contributed by atoms with E-state index in [4.69, 9.17) is 14.8 Å². The van der Waals surface area contributed by atoms with Gasteiger partial charge in [-0.05, 0) is 42.0 Å². The Morgan fingerprint density at radius 2 is 1.97 bits per heavy atom. The quantitative estimate of drug-likeness (QED) is 0.197. The maximum absolute atomic E-state index is 14.9. The number of aromatic nitrogens is 2. The predicted molar refractivity (Wildman–Crippen MR) is 143 cm³/mol. The molecule has 2 N–H and O–H groups in total. The lowest BCUT2D eigenvalue weighted by molar-refractivity contribution is -0.136. The number of hydrogen-bond donors (Lipinski definition) is 2. The number of ether oxygens (including phenoxy) is 1. The summed E-state index contributed by atoms with van der Waals surface area (Å²) >= 11 is 2.99. The van der Waals surface area contributed by atoms with E-state index in [0.717, 1.165) is 43.2 Å². The lowest BCUT2D eigenvalue weighted by Gasteiger charge is -2.12. The van der Waals surface area contributed by atoms with Crippen molar-refractivity contribution in [3.8, 4) is 22.1 Å². The number of aliphatic carboxylic acids is 1. The molecule has 0 radical (unpaired) electrons. The standard InChI is InChI=1S/C28H23FN2O3S2/c1-35-27-22-10-11-30-24(22)15-23(29)26(27)34-21-7-3-6-19(14-21)28-31-20(16-36-28)13-18-5-2-4-17(12-18)8-9-25(32)33/h2-7,10-12,14-16,30H,8-9,13H2,1H3,(H,32,33). The van der Waals surface area contributed by atoms with Gasteiger partial charge in [0.25, 0.3) is 0 Å². The smallest absolute Gasteiger partial charge is 0.303 e. The summed E-state index contributed by atoms with van der Waals surface area (Å²) < 4.78 is 20.9. The van der Waals surface area contributed by atoms with Gasteiger partial charge >= 0.3 is 5.97 Å². The van der Waals surface area contributed by atoms with Crippen LogP contribution in [0, 0.1) is 5.82 Å². The topological polar surface area (TPSA) is 75.2 Å². The van der Waals surface area contributed by atoms with E-state index in [2.05, 4.69) is 4.98 Å². The Balaban J connectivity index is 1.35. The molecule has 5 rings (SSSR count). The molecule has 0 unspecified atom stereocenters. The molecule has 3 aromatic carbocycles. The van der Waals surface area contributed by atoms with Crippen molar-refractivity contribution in [2.45, 2.75) is 24.2 Å². The third-order valence-electron chi connectivity index (χ3n) is 5.78. The summed E-state index contributed by atoms with van der Waals surface area (Å²) in [5.74, 6) is -0.455. The van der Waals surface area contributed by atoms with Crippen molar-refractivity contribution < 1.29 is 19.0 Å². The molecule has 0 bridgehead atoms. The van der Waals surface area contributed by atoms with Gasteiger partial charge in [-0.3, -0.25) is 4.79 Å². The van der Waals surface area contributed by atoms with E-state index in [1.807, 2.05) is 66.2 Å². The Labute approximate surface area is 216 Å². The third-order valence-corrected chi connectivity index (χ3v) is 7.53. The van der Waals surface area contributed by atoms with Gasteiger partial charge in [-0.2, -0.15) is 0 Å². The van der Waals surface area contributed by atoms with Crippen molar-refractivity contribution in [3.05, 3.63) is 94.9 Å². The van der Waals surface area contributed by atoms with Gasteiger partial charge in [-0.1, -0.05) is 36.4 Å². The number of rotatable bonds is 9. The van der Waals surface area contributed by atoms with Gasteiger partial charge in [0.1, 0.15) is 10.8 Å². The molecule has 0 spiro atoms. The number of halogens is 1. The lowest BCUT2D eigenvalue weighted by Crippen LogP contribution is -1.98. The zero-order valence-electron chi connectivity index (χ0n) is 19.5. The fourth-order valence-electron chi connectivity index (χ4n) is 4.11. The van der Waals surface area contributed by atoms with Crippen molar-refractivity contribution in [1.29, 1.82) is 0 Å². The number of thiazole rings is 1. The van der Waals surface area contributed by atoms with Crippen LogP contribution < -0.4 is 4.74 Å². The van der Waals surface area contributed by atoms with Crippen LogP contribution in [-0.4, -0.2) is 27.3 Å². The minimum absolute atomic E-state index is 0.115. The van der Waals surface area contributed by atoms with Crippen LogP contribution in [0.1, 0.15) is 23.2 Å². The van der Waals surface area contributed by atoms with E-state index in [9.17, 15) is 9.18 Å². The number of nitrogens with one attached hydrogen (secondary N) is 1. The van der Waals surface area contributed by atoms with Crippen LogP contribution in [-0.2, 0) is 17.6 Å². The average molecular weight is 519 g/mol. The number of carbonyl (C=O) groups is 1. The van der Waals surface area contributed by atoms with Gasteiger partial charge in [-0.25, -0.2) is 9.37 Å². The van der Waals surface area contributed by atoms with Gasteiger partial charge in [0.15, 0.2) is 11.6 Å². The van der Waals surface area contributed by atoms with Gasteiger partial charge in [-0.15, -0.1) is 23.1 Å². The van der Waals surface area contributed by atoms with Crippen molar-refractivity contribution in [3.63, 3.8) is 0 Å². The highest BCUT2D eigenvalue weighted by molar-refractivity contribution is 7.99. The number of fused-ring (bicyclic) bond motifs is 1. The van der Waals surface area contributed by atoms with E-state index in [1.165, 1.54) is 17.8 Å². The van der Waals surface area contributed by atoms with Crippen LogP contribution in [0.2, 0.25) is 0 Å². The Morgan fingerprint density at radius 3 is 2.81 bits per heavy atom. The number of benzene rings is 3. The second kappa shape index (κ2) is 10.6. The summed E-state index contributed by atoms with van der Waals surface area (Å²) in [7, 11) is 0. The molecular formula is C28H23FN2O3S2. The summed E-state index contributed by atoms with van der Waals surface area (Å²) in [4.78, 5) is 19.5. The van der Waals surface area contributed by atoms with E-state index in [-0.39, 0.29) is 12.2 Å². The van der Waals surface area contributed by atoms with Crippen LogP contribution >= 0.6 is 23.1 Å². The molecule has 0 saturated heterocycles. The van der Waals surface area contributed by atoms with Crippen LogP contribution in [0.25, 0.3) is 21.5 Å². The molecule has 36 heavy (non-hydrogen) atoms. The number of carboxylic acid groups (broad SMARTS) is 1. The maximum Gasteiger partial charge on any atom is 0.303 e. The zero-order chi connectivity index (χ0) is 25.1. The van der Waals surface area contributed by atoms with Crippen molar-refractivity contribution in [1.82, 2.24) is 9.97 Å². The molecule has 0 aliphatic rings. The first-order valence-corrected chi connectivity index (χ1v) is 13.5. The summed E-state index contributed by atoms with van der Waals surface area (Å²) in [5, 5.41) is 12.7.